The predicted octanol–water partition coefficient (Wildman–Crippen LogP) is 2.55. The fraction of sp³-hybridized carbons (Fsp3) is 0.500. The molecule has 0 aliphatic rings. The van der Waals surface area contributed by atoms with Gasteiger partial charge in [-0.3, -0.25) is 0 Å². The molecule has 1 aromatic carbocycles. The number of aliphatic hydroxyl groups is 1. The van der Waals surface area contributed by atoms with E-state index in [1.165, 1.54) is 7.11 Å². The van der Waals surface area contributed by atoms with Crippen LogP contribution in [0.5, 0.6) is 0 Å². The molecule has 0 saturated heterocycles. The van der Waals surface area contributed by atoms with E-state index in [2.05, 4.69) is 21.2 Å². The highest BCUT2D eigenvalue weighted by Crippen LogP contribution is 2.18. The minimum Gasteiger partial charge on any atom is -0.467 e. The maximum atomic E-state index is 11.9. The van der Waals surface area contributed by atoms with E-state index in [1.54, 1.807) is 32.9 Å². The van der Waals surface area contributed by atoms with Crippen molar-refractivity contribution < 1.29 is 24.2 Å². The molecule has 0 aliphatic heterocycles. The zero-order valence-electron chi connectivity index (χ0n) is 13.7. The van der Waals surface area contributed by atoms with Crippen molar-refractivity contribution in [1.29, 1.82) is 0 Å². The summed E-state index contributed by atoms with van der Waals surface area (Å²) in [6.45, 7) is 5.10. The summed E-state index contributed by atoms with van der Waals surface area (Å²) in [6.07, 6.45) is -0.469. The minimum atomic E-state index is -0.879. The molecule has 1 amide bonds. The Bertz CT molecular complexity index is 568. The number of aliphatic hydroxyl groups excluding tert-OH is 1. The topological polar surface area (TPSA) is 84.9 Å². The zero-order valence-corrected chi connectivity index (χ0v) is 15.3. The number of hydrogen-bond donors (Lipinski definition) is 2. The Morgan fingerprint density at radius 2 is 1.87 bits per heavy atom. The molecule has 2 N–H and O–H groups in total. The summed E-state index contributed by atoms with van der Waals surface area (Å²) in [5.74, 6) is -0.568. The molecule has 1 atom stereocenters. The van der Waals surface area contributed by atoms with Crippen molar-refractivity contribution in [3.63, 3.8) is 0 Å². The van der Waals surface area contributed by atoms with Gasteiger partial charge in [-0.25, -0.2) is 9.59 Å². The molecule has 128 valence electrons. The van der Waals surface area contributed by atoms with Gasteiger partial charge in [0.15, 0.2) is 0 Å². The van der Waals surface area contributed by atoms with Crippen molar-refractivity contribution in [2.75, 3.05) is 7.11 Å². The Morgan fingerprint density at radius 3 is 2.39 bits per heavy atom. The normalized spacial score (nSPS) is 12.4. The quantitative estimate of drug-likeness (QED) is 0.758. The average Bonchev–Trinajstić information content (AvgIpc) is 2.43. The molecule has 0 bridgehead atoms. The Labute approximate surface area is 144 Å². The van der Waals surface area contributed by atoms with Crippen LogP contribution in [0.3, 0.4) is 0 Å². The average molecular weight is 388 g/mol. The van der Waals surface area contributed by atoms with E-state index in [1.807, 2.05) is 6.07 Å². The van der Waals surface area contributed by atoms with Crippen LogP contribution < -0.4 is 5.32 Å². The van der Waals surface area contributed by atoms with Crippen LogP contribution in [0.4, 0.5) is 4.79 Å². The number of nitrogens with one attached hydrogen (secondary N) is 1. The van der Waals surface area contributed by atoms with E-state index in [4.69, 9.17) is 9.47 Å². The summed E-state index contributed by atoms with van der Waals surface area (Å²) in [5.41, 5.74) is 0.815. The molecule has 6 nitrogen and oxygen atoms in total. The number of hydrogen-bond acceptors (Lipinski definition) is 5. The fourth-order valence-corrected chi connectivity index (χ4v) is 2.54. The van der Waals surface area contributed by atoms with Gasteiger partial charge in [0.2, 0.25) is 0 Å². The maximum absolute atomic E-state index is 11.9. The van der Waals surface area contributed by atoms with Crippen LogP contribution in [0, 0.1) is 0 Å². The number of carbonyl (C=O) groups excluding carboxylic acids is 2. The van der Waals surface area contributed by atoms with Crippen molar-refractivity contribution in [2.24, 2.45) is 0 Å². The van der Waals surface area contributed by atoms with Crippen molar-refractivity contribution in [3.8, 4) is 0 Å². The molecule has 0 aliphatic carbocycles. The van der Waals surface area contributed by atoms with Gasteiger partial charge in [0.05, 0.1) is 13.7 Å². The molecule has 0 heterocycles. The summed E-state index contributed by atoms with van der Waals surface area (Å²) in [4.78, 5) is 23.8. The SMILES string of the molecule is COC(=O)[C@H](Cc1cc(Br)cc(CO)c1)NC(=O)OC(C)(C)C. The summed E-state index contributed by atoms with van der Waals surface area (Å²) < 4.78 is 10.7. The molecule has 0 unspecified atom stereocenters. The van der Waals surface area contributed by atoms with Crippen LogP contribution >= 0.6 is 15.9 Å². The minimum absolute atomic E-state index is 0.116. The molecule has 1 rings (SSSR count). The number of halogens is 1. The largest absolute Gasteiger partial charge is 0.467 e. The number of ether oxygens (including phenoxy) is 2. The molecule has 0 fully saturated rings. The lowest BCUT2D eigenvalue weighted by Gasteiger charge is -2.22. The van der Waals surface area contributed by atoms with Gasteiger partial charge in [-0.2, -0.15) is 0 Å². The first-order valence-corrected chi connectivity index (χ1v) is 7.90. The van der Waals surface area contributed by atoms with Crippen LogP contribution in [0.1, 0.15) is 31.9 Å². The highest BCUT2D eigenvalue weighted by molar-refractivity contribution is 9.10. The second-order valence-corrected chi connectivity index (χ2v) is 6.97. The smallest absolute Gasteiger partial charge is 0.408 e. The molecule has 7 heteroatoms. The van der Waals surface area contributed by atoms with Crippen LogP contribution in [-0.4, -0.2) is 35.9 Å². The molecule has 0 spiro atoms. The highest BCUT2D eigenvalue weighted by Gasteiger charge is 2.25. The van der Waals surface area contributed by atoms with Gasteiger partial charge in [0.1, 0.15) is 11.6 Å². The third-order valence-corrected chi connectivity index (χ3v) is 3.27. The number of amides is 1. The number of benzene rings is 1. The molecule has 1 aromatic rings. The molecular weight excluding hydrogens is 366 g/mol. The van der Waals surface area contributed by atoms with E-state index in [0.717, 1.165) is 10.0 Å². The predicted molar refractivity (Wildman–Crippen MR) is 88.9 cm³/mol. The van der Waals surface area contributed by atoms with Gasteiger partial charge in [0, 0.05) is 10.9 Å². The molecule has 0 radical (unpaired) electrons. The lowest BCUT2D eigenvalue weighted by Crippen LogP contribution is -2.45. The van der Waals surface area contributed by atoms with Crippen LogP contribution in [0.2, 0.25) is 0 Å². The monoisotopic (exact) mass is 387 g/mol. The molecule has 0 aromatic heterocycles. The van der Waals surface area contributed by atoms with Gasteiger partial charge in [0.25, 0.3) is 0 Å². The van der Waals surface area contributed by atoms with Crippen LogP contribution in [0.15, 0.2) is 22.7 Å². The van der Waals surface area contributed by atoms with Gasteiger partial charge < -0.3 is 19.9 Å². The summed E-state index contributed by atoms with van der Waals surface area (Å²) in [6, 6.07) is 4.47. The van der Waals surface area contributed by atoms with E-state index < -0.39 is 23.7 Å². The Kier molecular flexibility index (Phi) is 7.02. The Morgan fingerprint density at radius 1 is 1.26 bits per heavy atom. The van der Waals surface area contributed by atoms with E-state index in [9.17, 15) is 14.7 Å². The van der Waals surface area contributed by atoms with Crippen LogP contribution in [0.25, 0.3) is 0 Å². The zero-order chi connectivity index (χ0) is 17.6. The second kappa shape index (κ2) is 8.31. The number of rotatable bonds is 5. The Hall–Kier alpha value is -1.60. The lowest BCUT2D eigenvalue weighted by atomic mass is 10.0. The maximum Gasteiger partial charge on any atom is 0.408 e. The fourth-order valence-electron chi connectivity index (χ4n) is 1.95. The first-order valence-electron chi connectivity index (χ1n) is 7.11. The summed E-state index contributed by atoms with van der Waals surface area (Å²) in [7, 11) is 1.26. The van der Waals surface area contributed by atoms with Crippen molar-refractivity contribution in [1.82, 2.24) is 5.32 Å². The highest BCUT2D eigenvalue weighted by atomic mass is 79.9. The van der Waals surface area contributed by atoms with Crippen molar-refractivity contribution in [2.45, 2.75) is 45.4 Å². The number of carbonyl (C=O) groups is 2. The molecule has 0 saturated carbocycles. The molecule has 23 heavy (non-hydrogen) atoms. The number of esters is 1. The number of methoxy groups -OCH3 is 1. The van der Waals surface area contributed by atoms with E-state index >= 15 is 0 Å². The van der Waals surface area contributed by atoms with Crippen molar-refractivity contribution >= 4 is 28.0 Å². The van der Waals surface area contributed by atoms with Gasteiger partial charge >= 0.3 is 12.1 Å². The van der Waals surface area contributed by atoms with E-state index in [0.29, 0.717) is 5.56 Å². The third-order valence-electron chi connectivity index (χ3n) is 2.82. The first kappa shape index (κ1) is 19.4. The Balaban J connectivity index is 2.89. The van der Waals surface area contributed by atoms with Gasteiger partial charge in [-0.15, -0.1) is 0 Å². The van der Waals surface area contributed by atoms with Gasteiger partial charge in [-0.1, -0.05) is 22.0 Å². The number of alkyl carbamates (subject to hydrolysis) is 1. The standard InChI is InChI=1S/C16H22BrNO5/c1-16(2,3)23-15(21)18-13(14(20)22-4)8-10-5-11(9-19)7-12(17)6-10/h5-7,13,19H,8-9H2,1-4H3,(H,18,21)/t13-/m0/s1. The van der Waals surface area contributed by atoms with Gasteiger partial charge in [-0.05, 0) is 44.0 Å². The lowest BCUT2D eigenvalue weighted by molar-refractivity contribution is -0.143. The van der Waals surface area contributed by atoms with Crippen LogP contribution in [-0.2, 0) is 27.3 Å². The van der Waals surface area contributed by atoms with Crippen molar-refractivity contribution in [3.05, 3.63) is 33.8 Å². The first-order chi connectivity index (χ1) is 10.6. The summed E-state index contributed by atoms with van der Waals surface area (Å²) >= 11 is 3.35. The third kappa shape index (κ3) is 7.00. The van der Waals surface area contributed by atoms with E-state index in [-0.39, 0.29) is 13.0 Å². The summed E-state index contributed by atoms with van der Waals surface area (Å²) in [5, 5.41) is 11.8. The molecular formula is C16H22BrNO5. The second-order valence-electron chi connectivity index (χ2n) is 6.05.